The van der Waals surface area contributed by atoms with Crippen molar-refractivity contribution in [3.8, 4) is 0 Å². The van der Waals surface area contributed by atoms with Gasteiger partial charge in [0, 0.05) is 36.9 Å². The molecule has 7 nitrogen and oxygen atoms in total. The molecule has 0 saturated heterocycles. The lowest BCUT2D eigenvalue weighted by Crippen LogP contribution is -2.54. The van der Waals surface area contributed by atoms with Crippen molar-refractivity contribution in [2.24, 2.45) is 0 Å². The minimum absolute atomic E-state index is 0.0955. The van der Waals surface area contributed by atoms with E-state index < -0.39 is 21.6 Å². The molecule has 0 spiro atoms. The number of carbonyl (C=O) groups is 2. The van der Waals surface area contributed by atoms with Crippen molar-refractivity contribution < 1.29 is 18.0 Å². The number of hydrogen-bond donors (Lipinski definition) is 1. The summed E-state index contributed by atoms with van der Waals surface area (Å²) in [4.78, 5) is 29.8. The predicted molar refractivity (Wildman–Crippen MR) is 171 cm³/mol. The molecule has 0 unspecified atom stereocenters. The van der Waals surface area contributed by atoms with E-state index >= 15 is 0 Å². The van der Waals surface area contributed by atoms with Gasteiger partial charge in [-0.2, -0.15) is 0 Å². The standard InChI is InChI=1S/C35H39N3O4S/c1-25-13-8-9-16-28(25)24-37(30(34(40)36-35(2,3)4)23-26-14-6-5-7-15-26)32(39)21-12-22-38-29-19-10-17-27-18-11-20-31(33(27)29)43(38,41)42/h5-11,13-20,30H,12,21-24H2,1-4H3,(H,36,40)/t30-/m1/s1. The largest absolute Gasteiger partial charge is 0.350 e. The number of amides is 2. The van der Waals surface area contributed by atoms with Gasteiger partial charge in [-0.05, 0) is 68.3 Å². The molecule has 1 aliphatic heterocycles. The summed E-state index contributed by atoms with van der Waals surface area (Å²) in [6.07, 6.45) is 0.766. The molecule has 0 aliphatic carbocycles. The van der Waals surface area contributed by atoms with Crippen LogP contribution in [-0.2, 0) is 32.6 Å². The second-order valence-electron chi connectivity index (χ2n) is 12.2. The van der Waals surface area contributed by atoms with Crippen molar-refractivity contribution in [1.29, 1.82) is 0 Å². The van der Waals surface area contributed by atoms with E-state index in [1.807, 2.05) is 107 Å². The van der Waals surface area contributed by atoms with Crippen LogP contribution in [0, 0.1) is 6.92 Å². The van der Waals surface area contributed by atoms with E-state index in [9.17, 15) is 18.0 Å². The monoisotopic (exact) mass is 597 g/mol. The summed E-state index contributed by atoms with van der Waals surface area (Å²) in [6, 6.07) is 27.7. The van der Waals surface area contributed by atoms with Crippen molar-refractivity contribution in [3.63, 3.8) is 0 Å². The van der Waals surface area contributed by atoms with Gasteiger partial charge in [0.15, 0.2) is 0 Å². The number of hydrogen-bond acceptors (Lipinski definition) is 4. The zero-order valence-electron chi connectivity index (χ0n) is 25.2. The number of nitrogens with zero attached hydrogens (tertiary/aromatic N) is 2. The van der Waals surface area contributed by atoms with Crippen LogP contribution in [0.2, 0.25) is 0 Å². The molecule has 4 aromatic carbocycles. The smallest absolute Gasteiger partial charge is 0.265 e. The molecule has 5 rings (SSSR count). The normalized spacial score (nSPS) is 14.5. The van der Waals surface area contributed by atoms with Gasteiger partial charge in [0.2, 0.25) is 11.8 Å². The Morgan fingerprint density at radius 1 is 0.884 bits per heavy atom. The topological polar surface area (TPSA) is 86.8 Å². The third-order valence-electron chi connectivity index (χ3n) is 7.80. The molecular weight excluding hydrogens is 558 g/mol. The SMILES string of the molecule is Cc1ccccc1CN(C(=O)CCCN1c2cccc3cccc(c23)S1(=O)=O)[C@H](Cc1ccccc1)C(=O)NC(C)(C)C. The lowest BCUT2D eigenvalue weighted by atomic mass is 9.99. The van der Waals surface area contributed by atoms with Crippen LogP contribution in [0.15, 0.2) is 95.9 Å². The average Bonchev–Trinajstić information content (AvgIpc) is 3.18. The van der Waals surface area contributed by atoms with Crippen LogP contribution in [0.25, 0.3) is 10.8 Å². The zero-order chi connectivity index (χ0) is 30.8. The molecule has 2 amide bonds. The van der Waals surface area contributed by atoms with E-state index in [-0.39, 0.29) is 31.3 Å². The van der Waals surface area contributed by atoms with Gasteiger partial charge in [-0.1, -0.05) is 78.9 Å². The van der Waals surface area contributed by atoms with Gasteiger partial charge in [-0.25, -0.2) is 8.42 Å². The molecular formula is C35H39N3O4S. The molecule has 1 aliphatic rings. The minimum atomic E-state index is -3.72. The molecule has 1 N–H and O–H groups in total. The molecule has 4 aromatic rings. The second-order valence-corrected chi connectivity index (χ2v) is 14.0. The van der Waals surface area contributed by atoms with Gasteiger partial charge in [0.25, 0.3) is 10.0 Å². The Balaban J connectivity index is 1.41. The maximum Gasteiger partial charge on any atom is 0.265 e. The van der Waals surface area contributed by atoms with E-state index in [0.717, 1.165) is 27.5 Å². The first-order chi connectivity index (χ1) is 20.5. The summed E-state index contributed by atoms with van der Waals surface area (Å²) in [6.45, 7) is 8.20. The summed E-state index contributed by atoms with van der Waals surface area (Å²) >= 11 is 0. The fraction of sp³-hybridized carbons (Fsp3) is 0.314. The molecule has 1 heterocycles. The van der Waals surface area contributed by atoms with E-state index in [4.69, 9.17) is 0 Å². The number of sulfonamides is 1. The van der Waals surface area contributed by atoms with Crippen LogP contribution in [0.1, 0.15) is 50.3 Å². The first-order valence-corrected chi connectivity index (χ1v) is 16.1. The van der Waals surface area contributed by atoms with Gasteiger partial charge in [-0.3, -0.25) is 13.9 Å². The highest BCUT2D eigenvalue weighted by Crippen LogP contribution is 2.42. The van der Waals surface area contributed by atoms with E-state index in [2.05, 4.69) is 5.32 Å². The fourth-order valence-electron chi connectivity index (χ4n) is 5.69. The van der Waals surface area contributed by atoms with Crippen LogP contribution < -0.4 is 9.62 Å². The average molecular weight is 598 g/mol. The Bertz CT molecular complexity index is 1740. The lowest BCUT2D eigenvalue weighted by molar-refractivity contribution is -0.142. The second kappa shape index (κ2) is 12.2. The summed E-state index contributed by atoms with van der Waals surface area (Å²) < 4.78 is 28.3. The summed E-state index contributed by atoms with van der Waals surface area (Å²) in [7, 11) is -3.72. The van der Waals surface area contributed by atoms with Crippen molar-refractivity contribution >= 4 is 38.3 Å². The zero-order valence-corrected chi connectivity index (χ0v) is 26.0. The number of carbonyl (C=O) groups excluding carboxylic acids is 2. The molecule has 0 fully saturated rings. The van der Waals surface area contributed by atoms with Gasteiger partial charge < -0.3 is 10.2 Å². The van der Waals surface area contributed by atoms with Gasteiger partial charge in [0.1, 0.15) is 6.04 Å². The maximum absolute atomic E-state index is 14.1. The number of anilines is 1. The van der Waals surface area contributed by atoms with Crippen LogP contribution >= 0.6 is 0 Å². The van der Waals surface area contributed by atoms with Crippen molar-refractivity contribution in [2.45, 2.75) is 70.0 Å². The first kappa shape index (κ1) is 30.3. The summed E-state index contributed by atoms with van der Waals surface area (Å²) in [5, 5.41) is 4.68. The van der Waals surface area contributed by atoms with E-state index in [1.165, 1.54) is 4.31 Å². The third kappa shape index (κ3) is 6.59. The highest BCUT2D eigenvalue weighted by molar-refractivity contribution is 7.93. The van der Waals surface area contributed by atoms with Crippen LogP contribution in [0.4, 0.5) is 5.69 Å². The Morgan fingerprint density at radius 3 is 2.26 bits per heavy atom. The molecule has 0 bridgehead atoms. The number of aryl methyl sites for hydroxylation is 1. The van der Waals surface area contributed by atoms with Crippen LogP contribution in [-0.4, -0.2) is 43.3 Å². The van der Waals surface area contributed by atoms with Crippen molar-refractivity contribution in [2.75, 3.05) is 10.8 Å². The molecule has 8 heteroatoms. The molecule has 43 heavy (non-hydrogen) atoms. The van der Waals surface area contributed by atoms with Gasteiger partial charge in [-0.15, -0.1) is 0 Å². The lowest BCUT2D eigenvalue weighted by Gasteiger charge is -2.34. The van der Waals surface area contributed by atoms with Crippen LogP contribution in [0.5, 0.6) is 0 Å². The highest BCUT2D eigenvalue weighted by atomic mass is 32.2. The maximum atomic E-state index is 14.1. The minimum Gasteiger partial charge on any atom is -0.350 e. The number of rotatable bonds is 10. The van der Waals surface area contributed by atoms with Gasteiger partial charge in [0.05, 0.1) is 10.6 Å². The van der Waals surface area contributed by atoms with Crippen LogP contribution in [0.3, 0.4) is 0 Å². The molecule has 0 saturated carbocycles. The van der Waals surface area contributed by atoms with Crippen molar-refractivity contribution in [1.82, 2.24) is 10.2 Å². The molecule has 0 aromatic heterocycles. The molecule has 224 valence electrons. The van der Waals surface area contributed by atoms with Crippen molar-refractivity contribution in [3.05, 3.63) is 108 Å². The fourth-order valence-corrected chi connectivity index (χ4v) is 7.44. The van der Waals surface area contributed by atoms with E-state index in [1.54, 1.807) is 17.0 Å². The predicted octanol–water partition coefficient (Wildman–Crippen LogP) is 5.99. The number of benzene rings is 4. The Hall–Kier alpha value is -4.17. The number of nitrogens with one attached hydrogen (secondary N) is 1. The third-order valence-corrected chi connectivity index (χ3v) is 9.66. The summed E-state index contributed by atoms with van der Waals surface area (Å²) in [5.74, 6) is -0.414. The quantitative estimate of drug-likeness (QED) is 0.243. The van der Waals surface area contributed by atoms with E-state index in [0.29, 0.717) is 23.4 Å². The first-order valence-electron chi connectivity index (χ1n) is 14.7. The molecule has 0 radical (unpaired) electrons. The summed E-state index contributed by atoms with van der Waals surface area (Å²) in [5.41, 5.74) is 3.10. The van der Waals surface area contributed by atoms with Gasteiger partial charge >= 0.3 is 0 Å². The molecule has 1 atom stereocenters. The Morgan fingerprint density at radius 2 is 1.56 bits per heavy atom. The Kier molecular flexibility index (Phi) is 8.60. The Labute approximate surface area is 254 Å². The highest BCUT2D eigenvalue weighted by Gasteiger charge is 2.36.